The summed E-state index contributed by atoms with van der Waals surface area (Å²) in [5, 5.41) is 11.9. The first kappa shape index (κ1) is 17.5. The zero-order valence-corrected chi connectivity index (χ0v) is 15.5. The average Bonchev–Trinajstić information content (AvgIpc) is 3.18. The molecule has 1 saturated carbocycles. The molecule has 1 aliphatic rings. The van der Waals surface area contributed by atoms with Gasteiger partial charge in [-0.15, -0.1) is 5.10 Å². The third-order valence-corrected chi connectivity index (χ3v) is 5.23. The molecule has 1 unspecified atom stereocenters. The topological polar surface area (TPSA) is 59.8 Å². The normalized spacial score (nSPS) is 19.8. The number of ketones is 1. The molecule has 0 radical (unpaired) electrons. The van der Waals surface area contributed by atoms with Crippen LogP contribution in [-0.4, -0.2) is 27.3 Å². The lowest BCUT2D eigenvalue weighted by Crippen LogP contribution is -2.34. The van der Waals surface area contributed by atoms with E-state index < -0.39 is 0 Å². The molecule has 5 nitrogen and oxygen atoms in total. The highest BCUT2D eigenvalue weighted by Gasteiger charge is 2.33. The number of nitrogens with one attached hydrogen (secondary N) is 1. The number of benzene rings is 2. The molecule has 0 aliphatic heterocycles. The molecule has 4 rings (SSSR count). The van der Waals surface area contributed by atoms with Crippen LogP contribution in [0.3, 0.4) is 0 Å². The zero-order chi connectivity index (χ0) is 18.6. The van der Waals surface area contributed by atoms with Gasteiger partial charge in [0.25, 0.3) is 0 Å². The van der Waals surface area contributed by atoms with Crippen molar-refractivity contribution >= 4 is 11.5 Å². The van der Waals surface area contributed by atoms with Crippen molar-refractivity contribution in [2.75, 3.05) is 11.9 Å². The summed E-state index contributed by atoms with van der Waals surface area (Å²) in [5.41, 5.74) is 4.11. The van der Waals surface area contributed by atoms with Crippen LogP contribution < -0.4 is 5.32 Å². The van der Waals surface area contributed by atoms with E-state index in [0.717, 1.165) is 36.2 Å². The highest BCUT2D eigenvalue weighted by Crippen LogP contribution is 2.30. The first-order valence-electron chi connectivity index (χ1n) is 9.52. The van der Waals surface area contributed by atoms with Gasteiger partial charge in [0.1, 0.15) is 11.7 Å². The molecular formula is C22H24N4O. The maximum atomic E-state index is 13.0. The van der Waals surface area contributed by atoms with Crippen LogP contribution in [0.2, 0.25) is 0 Å². The molecule has 0 bridgehead atoms. The van der Waals surface area contributed by atoms with Gasteiger partial charge in [-0.3, -0.25) is 4.79 Å². The highest BCUT2D eigenvalue weighted by atomic mass is 16.1. The molecule has 27 heavy (non-hydrogen) atoms. The summed E-state index contributed by atoms with van der Waals surface area (Å²) < 4.78 is 1.75. The van der Waals surface area contributed by atoms with E-state index in [2.05, 4.69) is 34.7 Å². The third-order valence-electron chi connectivity index (χ3n) is 5.23. The Balaban J connectivity index is 1.45. The molecular weight excluding hydrogens is 336 g/mol. The Bertz CT molecular complexity index is 919. The maximum Gasteiger partial charge on any atom is 0.162 e. The van der Waals surface area contributed by atoms with Crippen molar-refractivity contribution in [3.8, 4) is 11.3 Å². The second kappa shape index (κ2) is 7.74. The second-order valence-electron chi connectivity index (χ2n) is 7.25. The largest absolute Gasteiger partial charge is 0.384 e. The molecule has 1 fully saturated rings. The fraction of sp³-hybridized carbons (Fsp3) is 0.318. The third kappa shape index (κ3) is 3.92. The minimum Gasteiger partial charge on any atom is -0.384 e. The van der Waals surface area contributed by atoms with Crippen LogP contribution in [0.15, 0.2) is 60.8 Å². The Morgan fingerprint density at radius 1 is 1.11 bits per heavy atom. The molecule has 0 spiro atoms. The number of aromatic nitrogens is 3. The van der Waals surface area contributed by atoms with Crippen molar-refractivity contribution in [1.29, 1.82) is 0 Å². The van der Waals surface area contributed by atoms with Crippen molar-refractivity contribution in [2.24, 2.45) is 5.92 Å². The Labute approximate surface area is 159 Å². The van der Waals surface area contributed by atoms with Gasteiger partial charge in [0.05, 0.1) is 6.20 Å². The maximum absolute atomic E-state index is 13.0. The van der Waals surface area contributed by atoms with E-state index in [1.54, 1.807) is 4.68 Å². The van der Waals surface area contributed by atoms with Gasteiger partial charge in [-0.05, 0) is 37.5 Å². The number of carbonyl (C=O) groups is 1. The SMILES string of the molecule is Cc1cccc(NC[C@@H]2CCCC(n3cc(-c4ccccc4)nn3)C2=O)c1. The minimum absolute atomic E-state index is 0.00800. The van der Waals surface area contributed by atoms with Crippen LogP contribution in [0.5, 0.6) is 0 Å². The number of anilines is 1. The van der Waals surface area contributed by atoms with E-state index in [0.29, 0.717) is 6.54 Å². The summed E-state index contributed by atoms with van der Waals surface area (Å²) in [7, 11) is 0. The molecule has 1 aliphatic carbocycles. The predicted molar refractivity (Wildman–Crippen MR) is 107 cm³/mol. The van der Waals surface area contributed by atoms with E-state index in [4.69, 9.17) is 0 Å². The minimum atomic E-state index is -0.215. The number of hydrogen-bond donors (Lipinski definition) is 1. The number of carbonyl (C=O) groups excluding carboxylic acids is 1. The van der Waals surface area contributed by atoms with Crippen LogP contribution in [0.1, 0.15) is 30.9 Å². The van der Waals surface area contributed by atoms with Crippen LogP contribution in [0, 0.1) is 12.8 Å². The van der Waals surface area contributed by atoms with E-state index in [-0.39, 0.29) is 17.7 Å². The lowest BCUT2D eigenvalue weighted by Gasteiger charge is -2.28. The predicted octanol–water partition coefficient (Wildman–Crippen LogP) is 4.28. The summed E-state index contributed by atoms with van der Waals surface area (Å²) >= 11 is 0. The smallest absolute Gasteiger partial charge is 0.162 e. The van der Waals surface area contributed by atoms with Gasteiger partial charge < -0.3 is 5.32 Å². The van der Waals surface area contributed by atoms with E-state index in [1.807, 2.05) is 48.7 Å². The number of rotatable bonds is 5. The number of aryl methyl sites for hydroxylation is 1. The molecule has 2 aromatic carbocycles. The fourth-order valence-electron chi connectivity index (χ4n) is 3.75. The Hall–Kier alpha value is -2.95. The van der Waals surface area contributed by atoms with Gasteiger partial charge in [-0.2, -0.15) is 0 Å². The van der Waals surface area contributed by atoms with Gasteiger partial charge in [0, 0.05) is 23.7 Å². The van der Waals surface area contributed by atoms with Crippen molar-refractivity contribution in [2.45, 2.75) is 32.2 Å². The highest BCUT2D eigenvalue weighted by molar-refractivity contribution is 5.86. The molecule has 2 atom stereocenters. The van der Waals surface area contributed by atoms with Gasteiger partial charge in [-0.25, -0.2) is 4.68 Å². The first-order valence-corrected chi connectivity index (χ1v) is 9.52. The van der Waals surface area contributed by atoms with Crippen LogP contribution in [0.25, 0.3) is 11.3 Å². The monoisotopic (exact) mass is 360 g/mol. The van der Waals surface area contributed by atoms with Gasteiger partial charge >= 0.3 is 0 Å². The molecule has 5 heteroatoms. The molecule has 1 heterocycles. The Kier molecular flexibility index (Phi) is 5.01. The quantitative estimate of drug-likeness (QED) is 0.738. The van der Waals surface area contributed by atoms with Crippen molar-refractivity contribution < 1.29 is 4.79 Å². The van der Waals surface area contributed by atoms with E-state index >= 15 is 0 Å². The van der Waals surface area contributed by atoms with E-state index in [9.17, 15) is 4.79 Å². The summed E-state index contributed by atoms with van der Waals surface area (Å²) in [6.45, 7) is 2.74. The molecule has 0 saturated heterocycles. The van der Waals surface area contributed by atoms with Gasteiger partial charge in [0.2, 0.25) is 0 Å². The van der Waals surface area contributed by atoms with Crippen molar-refractivity contribution in [1.82, 2.24) is 15.0 Å². The summed E-state index contributed by atoms with van der Waals surface area (Å²) in [6, 6.07) is 18.0. The molecule has 1 N–H and O–H groups in total. The Morgan fingerprint density at radius 2 is 1.96 bits per heavy atom. The molecule has 138 valence electrons. The fourth-order valence-corrected chi connectivity index (χ4v) is 3.75. The number of hydrogen-bond acceptors (Lipinski definition) is 4. The van der Waals surface area contributed by atoms with Crippen molar-refractivity contribution in [3.63, 3.8) is 0 Å². The van der Waals surface area contributed by atoms with Gasteiger partial charge in [0.15, 0.2) is 5.78 Å². The van der Waals surface area contributed by atoms with Crippen LogP contribution in [0.4, 0.5) is 5.69 Å². The summed E-state index contributed by atoms with van der Waals surface area (Å²) in [4.78, 5) is 13.0. The number of nitrogens with zero attached hydrogens (tertiary/aromatic N) is 3. The average molecular weight is 360 g/mol. The molecule has 0 amide bonds. The van der Waals surface area contributed by atoms with Crippen LogP contribution in [-0.2, 0) is 4.79 Å². The lowest BCUT2D eigenvalue weighted by molar-refractivity contribution is -0.128. The standard InChI is InChI=1S/C22H24N4O/c1-16-7-5-11-19(13-16)23-14-18-10-6-12-21(22(18)27)26-15-20(24-25-26)17-8-3-2-4-9-17/h2-5,7-9,11,13,15,18,21,23H,6,10,12,14H2,1H3/t18-,21?/m0/s1. The molecule has 1 aromatic heterocycles. The number of Topliss-reactive ketones (excluding diaryl/α,β-unsaturated/α-hetero) is 1. The molecule has 3 aromatic rings. The van der Waals surface area contributed by atoms with Crippen molar-refractivity contribution in [3.05, 3.63) is 66.4 Å². The summed E-state index contributed by atoms with van der Waals surface area (Å²) in [6.07, 6.45) is 4.68. The van der Waals surface area contributed by atoms with Gasteiger partial charge in [-0.1, -0.05) is 54.1 Å². The lowest BCUT2D eigenvalue weighted by atomic mass is 9.84. The van der Waals surface area contributed by atoms with E-state index in [1.165, 1.54) is 5.56 Å². The Morgan fingerprint density at radius 3 is 2.78 bits per heavy atom. The second-order valence-corrected chi connectivity index (χ2v) is 7.25. The van der Waals surface area contributed by atoms with Crippen LogP contribution >= 0.6 is 0 Å². The zero-order valence-electron chi connectivity index (χ0n) is 15.5. The summed E-state index contributed by atoms with van der Waals surface area (Å²) in [5.74, 6) is 0.263. The first-order chi connectivity index (χ1) is 13.2.